The van der Waals surface area contributed by atoms with Gasteiger partial charge in [-0.25, -0.2) is 9.78 Å². The summed E-state index contributed by atoms with van der Waals surface area (Å²) in [5.41, 5.74) is 0.924. The molecule has 2 saturated heterocycles. The van der Waals surface area contributed by atoms with E-state index in [0.29, 0.717) is 24.2 Å². The number of hydrogen-bond donors (Lipinski definition) is 1. The molecule has 0 aromatic rings. The molecule has 0 radical (unpaired) electrons. The maximum absolute atomic E-state index is 11.3. The van der Waals surface area contributed by atoms with E-state index in [4.69, 9.17) is 14.5 Å². The van der Waals surface area contributed by atoms with Gasteiger partial charge in [0.1, 0.15) is 11.7 Å². The van der Waals surface area contributed by atoms with Crippen LogP contribution in [-0.4, -0.2) is 34.5 Å². The highest BCUT2D eigenvalue weighted by atomic mass is 17.2. The number of ether oxygens (including phenoxy) is 1. The summed E-state index contributed by atoms with van der Waals surface area (Å²) in [5.74, 6) is 0.317. The van der Waals surface area contributed by atoms with Crippen molar-refractivity contribution in [2.75, 3.05) is 0 Å². The zero-order chi connectivity index (χ0) is 21.2. The van der Waals surface area contributed by atoms with Gasteiger partial charge in [-0.05, 0) is 84.0 Å². The van der Waals surface area contributed by atoms with Gasteiger partial charge >= 0.3 is 5.97 Å². The van der Waals surface area contributed by atoms with E-state index in [1.165, 1.54) is 24.8 Å². The van der Waals surface area contributed by atoms with Crippen LogP contribution in [0, 0.1) is 29.1 Å². The fourth-order valence-electron chi connectivity index (χ4n) is 6.75. The topological polar surface area (TPSA) is 65.0 Å². The van der Waals surface area contributed by atoms with Crippen LogP contribution in [0.1, 0.15) is 80.1 Å². The Bertz CT molecular complexity index is 693. The molecule has 0 aromatic heterocycles. The lowest BCUT2D eigenvalue weighted by atomic mass is 9.50. The summed E-state index contributed by atoms with van der Waals surface area (Å²) in [6, 6.07) is 0. The number of allylic oxidation sites excluding steroid dienone is 2. The first-order chi connectivity index (χ1) is 13.5. The molecule has 2 heterocycles. The summed E-state index contributed by atoms with van der Waals surface area (Å²) in [4.78, 5) is 22.8. The van der Waals surface area contributed by atoms with Crippen molar-refractivity contribution in [2.24, 2.45) is 29.1 Å². The Labute approximate surface area is 175 Å². The lowest BCUT2D eigenvalue weighted by molar-refractivity contribution is -0.426. The molecule has 0 aromatic carbocycles. The molecule has 5 nitrogen and oxygen atoms in total. The molecule has 3 fully saturated rings. The Hall–Kier alpha value is -0.910. The van der Waals surface area contributed by atoms with Gasteiger partial charge in [0.25, 0.3) is 0 Å². The lowest BCUT2D eigenvalue weighted by Gasteiger charge is -2.56. The Balaban J connectivity index is 1.54. The van der Waals surface area contributed by atoms with E-state index in [0.717, 1.165) is 12.8 Å². The normalized spacial score (nSPS) is 51.0. The molecule has 4 rings (SSSR count). The SMILES string of the molecule is CC1=CC2CC(C)C3(C)CC([C@]4(C)CC[C@@H]([C@H](C)C(=O)O)OO4)OC3(C)C2CC1. The van der Waals surface area contributed by atoms with Crippen molar-refractivity contribution in [1.82, 2.24) is 0 Å². The van der Waals surface area contributed by atoms with E-state index in [2.05, 4.69) is 40.7 Å². The fourth-order valence-corrected chi connectivity index (χ4v) is 6.75. The zero-order valence-corrected chi connectivity index (χ0v) is 18.9. The summed E-state index contributed by atoms with van der Waals surface area (Å²) in [7, 11) is 0. The van der Waals surface area contributed by atoms with Crippen LogP contribution in [0.4, 0.5) is 0 Å². The molecule has 1 saturated carbocycles. The van der Waals surface area contributed by atoms with Gasteiger partial charge < -0.3 is 9.84 Å². The van der Waals surface area contributed by atoms with Gasteiger partial charge in [0.15, 0.2) is 0 Å². The minimum atomic E-state index is -0.842. The first kappa shape index (κ1) is 21.3. The molecule has 1 N–H and O–H groups in total. The van der Waals surface area contributed by atoms with Gasteiger partial charge in [-0.15, -0.1) is 0 Å². The Morgan fingerprint density at radius 2 is 2.00 bits per heavy atom. The molecule has 2 aliphatic heterocycles. The molecular formula is C24H38O5. The van der Waals surface area contributed by atoms with Crippen LogP contribution >= 0.6 is 0 Å². The van der Waals surface area contributed by atoms with Crippen LogP contribution in [0.3, 0.4) is 0 Å². The van der Waals surface area contributed by atoms with Crippen molar-refractivity contribution in [3.63, 3.8) is 0 Å². The molecule has 2 aliphatic carbocycles. The summed E-state index contributed by atoms with van der Waals surface area (Å²) >= 11 is 0. The largest absolute Gasteiger partial charge is 0.481 e. The van der Waals surface area contributed by atoms with Gasteiger partial charge in [-0.1, -0.05) is 25.5 Å². The van der Waals surface area contributed by atoms with Crippen LogP contribution < -0.4 is 0 Å². The lowest BCUT2D eigenvalue weighted by Crippen LogP contribution is -2.57. The standard InChI is InChI=1S/C24H38O5/c1-14-7-8-18-17(11-14)12-15(2)22(4)13-20(27-24(18,22)6)23(5)10-9-19(28-29-23)16(3)21(25)26/h11,15-20H,7-10,12-13H2,1-6H3,(H,25,26)/t15?,16-,17?,18?,19-,20?,22?,23-,24?/m0/s1. The van der Waals surface area contributed by atoms with Crippen LogP contribution in [0.5, 0.6) is 0 Å². The van der Waals surface area contributed by atoms with E-state index in [1.54, 1.807) is 6.92 Å². The first-order valence-corrected chi connectivity index (χ1v) is 11.4. The maximum Gasteiger partial charge on any atom is 0.308 e. The van der Waals surface area contributed by atoms with Gasteiger partial charge in [-0.2, -0.15) is 0 Å². The average molecular weight is 407 g/mol. The third-order valence-corrected chi connectivity index (χ3v) is 9.33. The van der Waals surface area contributed by atoms with Gasteiger partial charge in [0.2, 0.25) is 0 Å². The number of carboxylic acid groups (broad SMARTS) is 1. The van der Waals surface area contributed by atoms with E-state index in [-0.39, 0.29) is 17.1 Å². The predicted molar refractivity (Wildman–Crippen MR) is 110 cm³/mol. The van der Waals surface area contributed by atoms with Gasteiger partial charge in [0.05, 0.1) is 17.6 Å². The number of hydrogen-bond acceptors (Lipinski definition) is 4. The summed E-state index contributed by atoms with van der Waals surface area (Å²) < 4.78 is 6.97. The Morgan fingerprint density at radius 3 is 2.62 bits per heavy atom. The molecule has 0 spiro atoms. The highest BCUT2D eigenvalue weighted by Gasteiger charge is 2.66. The zero-order valence-electron chi connectivity index (χ0n) is 18.9. The third-order valence-electron chi connectivity index (χ3n) is 9.33. The molecule has 9 atom stereocenters. The number of fused-ring (bicyclic) bond motifs is 3. The average Bonchev–Trinajstić information content (AvgIpc) is 2.96. The monoisotopic (exact) mass is 406 g/mol. The molecule has 0 amide bonds. The van der Waals surface area contributed by atoms with Gasteiger partial charge in [-0.3, -0.25) is 4.79 Å². The van der Waals surface area contributed by atoms with E-state index >= 15 is 0 Å². The third kappa shape index (κ3) is 3.19. The van der Waals surface area contributed by atoms with Crippen LogP contribution in [0.25, 0.3) is 0 Å². The number of aliphatic carboxylic acids is 1. The van der Waals surface area contributed by atoms with Crippen molar-refractivity contribution < 1.29 is 24.4 Å². The fraction of sp³-hybridized carbons (Fsp3) is 0.875. The first-order valence-electron chi connectivity index (χ1n) is 11.4. The number of carbonyl (C=O) groups is 1. The number of rotatable bonds is 3. The van der Waals surface area contributed by atoms with Crippen LogP contribution in [0.2, 0.25) is 0 Å². The van der Waals surface area contributed by atoms with E-state index < -0.39 is 23.6 Å². The second kappa shape index (κ2) is 7.06. The quantitative estimate of drug-likeness (QED) is 0.519. The predicted octanol–water partition coefficient (Wildman–Crippen LogP) is 5.14. The molecule has 164 valence electrons. The van der Waals surface area contributed by atoms with Crippen LogP contribution in [0.15, 0.2) is 11.6 Å². The summed E-state index contributed by atoms with van der Waals surface area (Å²) in [5, 5.41) is 9.28. The molecule has 0 bridgehead atoms. The second-order valence-electron chi connectivity index (χ2n) is 11.0. The molecule has 6 unspecified atom stereocenters. The number of carboxylic acids is 1. The summed E-state index contributed by atoms with van der Waals surface area (Å²) in [6.45, 7) is 13.2. The van der Waals surface area contributed by atoms with Crippen molar-refractivity contribution in [3.05, 3.63) is 11.6 Å². The molecule has 29 heavy (non-hydrogen) atoms. The maximum atomic E-state index is 11.3. The molecule has 5 heteroatoms. The van der Waals surface area contributed by atoms with E-state index in [9.17, 15) is 9.90 Å². The Morgan fingerprint density at radius 1 is 1.28 bits per heavy atom. The molecule has 4 aliphatic rings. The highest BCUT2D eigenvalue weighted by Crippen LogP contribution is 2.65. The van der Waals surface area contributed by atoms with Crippen molar-refractivity contribution in [1.29, 1.82) is 0 Å². The second-order valence-corrected chi connectivity index (χ2v) is 11.0. The van der Waals surface area contributed by atoms with Crippen molar-refractivity contribution in [3.8, 4) is 0 Å². The van der Waals surface area contributed by atoms with Crippen molar-refractivity contribution >= 4 is 5.97 Å². The molecular weight excluding hydrogens is 368 g/mol. The minimum Gasteiger partial charge on any atom is -0.481 e. The van der Waals surface area contributed by atoms with Gasteiger partial charge in [0, 0.05) is 5.41 Å². The minimum absolute atomic E-state index is 0.0354. The smallest absolute Gasteiger partial charge is 0.308 e. The highest BCUT2D eigenvalue weighted by molar-refractivity contribution is 5.70. The van der Waals surface area contributed by atoms with Crippen LogP contribution in [-0.2, 0) is 19.3 Å². The van der Waals surface area contributed by atoms with E-state index in [1.807, 2.05) is 0 Å². The Kier molecular flexibility index (Phi) is 5.20. The van der Waals surface area contributed by atoms with Crippen molar-refractivity contribution in [2.45, 2.75) is 103 Å². The summed E-state index contributed by atoms with van der Waals surface area (Å²) in [6.07, 6.45) is 8.08.